The predicted molar refractivity (Wildman–Crippen MR) is 135 cm³/mol. The number of carbonyl (C=O) groups is 1. The second kappa shape index (κ2) is 12.1. The number of aliphatic hydroxyl groups excluding tert-OH is 2. The lowest BCUT2D eigenvalue weighted by Gasteiger charge is -2.25. The Morgan fingerprint density at radius 3 is 2.58 bits per heavy atom. The molecular weight excluding hydrogens is 499 g/mol. The SMILES string of the molecule is CCCCCC(O)c1ccc(C2[C@@H](Cc3cccc(CCC=O)c3)C(I)C[C@H]2O)cc1. The Bertz CT molecular complexity index is 819. The molecule has 2 aromatic rings. The molecule has 1 aliphatic rings. The standard InChI is InChI=1S/C27H35IO3/c1-2-3-4-10-25(30)21-11-13-22(14-12-21)27-23(24(28)18-26(27)31)17-20-8-5-7-19(16-20)9-6-15-29/h5,7-8,11-16,23-27,30-31H,2-4,6,9-10,17-18H2,1H3/t23-,24?,25?,26+,27?/m0/s1. The van der Waals surface area contributed by atoms with Crippen molar-refractivity contribution in [1.82, 2.24) is 0 Å². The van der Waals surface area contributed by atoms with Gasteiger partial charge in [0.05, 0.1) is 12.2 Å². The van der Waals surface area contributed by atoms with Gasteiger partial charge in [-0.05, 0) is 53.9 Å². The summed E-state index contributed by atoms with van der Waals surface area (Å²) in [7, 11) is 0. The van der Waals surface area contributed by atoms with Gasteiger partial charge in [0, 0.05) is 16.3 Å². The zero-order chi connectivity index (χ0) is 22.2. The lowest BCUT2D eigenvalue weighted by Crippen LogP contribution is -2.21. The highest BCUT2D eigenvalue weighted by Crippen LogP contribution is 2.45. The highest BCUT2D eigenvalue weighted by molar-refractivity contribution is 14.1. The van der Waals surface area contributed by atoms with Gasteiger partial charge >= 0.3 is 0 Å². The van der Waals surface area contributed by atoms with Crippen molar-refractivity contribution in [1.29, 1.82) is 0 Å². The molecule has 168 valence electrons. The van der Waals surface area contributed by atoms with E-state index in [2.05, 4.69) is 65.9 Å². The van der Waals surface area contributed by atoms with E-state index in [1.165, 1.54) is 16.7 Å². The summed E-state index contributed by atoms with van der Waals surface area (Å²) in [5.41, 5.74) is 4.61. The fourth-order valence-electron chi connectivity index (χ4n) is 4.89. The van der Waals surface area contributed by atoms with Crippen molar-refractivity contribution >= 4 is 28.9 Å². The molecule has 0 heterocycles. The Morgan fingerprint density at radius 2 is 1.87 bits per heavy atom. The van der Waals surface area contributed by atoms with Crippen LogP contribution in [0.5, 0.6) is 0 Å². The first-order valence-corrected chi connectivity index (χ1v) is 12.9. The molecule has 2 N–H and O–H groups in total. The molecule has 0 spiro atoms. The number of unbranched alkanes of at least 4 members (excludes halogenated alkanes) is 2. The summed E-state index contributed by atoms with van der Waals surface area (Å²) in [4.78, 5) is 10.7. The first-order valence-electron chi connectivity index (χ1n) is 11.6. The zero-order valence-corrected chi connectivity index (χ0v) is 20.6. The highest BCUT2D eigenvalue weighted by Gasteiger charge is 2.41. The highest BCUT2D eigenvalue weighted by atomic mass is 127. The summed E-state index contributed by atoms with van der Waals surface area (Å²) >= 11 is 2.50. The van der Waals surface area contributed by atoms with E-state index in [-0.39, 0.29) is 12.0 Å². The Labute approximate surface area is 200 Å². The molecule has 31 heavy (non-hydrogen) atoms. The molecule has 0 amide bonds. The van der Waals surface area contributed by atoms with Crippen LogP contribution in [0, 0.1) is 5.92 Å². The van der Waals surface area contributed by atoms with Crippen molar-refractivity contribution in [3.63, 3.8) is 0 Å². The monoisotopic (exact) mass is 534 g/mol. The topological polar surface area (TPSA) is 57.5 Å². The minimum absolute atomic E-state index is 0.104. The van der Waals surface area contributed by atoms with Crippen molar-refractivity contribution in [3.8, 4) is 0 Å². The lowest BCUT2D eigenvalue weighted by molar-refractivity contribution is -0.107. The number of hydrogen-bond donors (Lipinski definition) is 2. The van der Waals surface area contributed by atoms with Gasteiger partial charge in [-0.1, -0.05) is 97.3 Å². The van der Waals surface area contributed by atoms with Crippen LogP contribution >= 0.6 is 22.6 Å². The normalized spacial score (nSPS) is 24.3. The van der Waals surface area contributed by atoms with E-state index in [0.29, 0.717) is 16.3 Å². The van der Waals surface area contributed by atoms with E-state index in [0.717, 1.165) is 56.8 Å². The number of aliphatic hydroxyl groups is 2. The van der Waals surface area contributed by atoms with E-state index < -0.39 is 6.10 Å². The van der Waals surface area contributed by atoms with Gasteiger partial charge in [-0.2, -0.15) is 0 Å². The third-order valence-corrected chi connectivity index (χ3v) is 8.04. The van der Waals surface area contributed by atoms with Gasteiger partial charge in [0.15, 0.2) is 0 Å². The van der Waals surface area contributed by atoms with Gasteiger partial charge in [-0.15, -0.1) is 0 Å². The van der Waals surface area contributed by atoms with E-state index in [4.69, 9.17) is 0 Å². The average Bonchev–Trinajstić information content (AvgIpc) is 3.05. The van der Waals surface area contributed by atoms with E-state index in [1.54, 1.807) is 0 Å². The first-order chi connectivity index (χ1) is 15.0. The third kappa shape index (κ3) is 6.62. The molecule has 3 rings (SSSR count). The summed E-state index contributed by atoms with van der Waals surface area (Å²) in [5.74, 6) is 0.462. The zero-order valence-electron chi connectivity index (χ0n) is 18.4. The number of aldehydes is 1. The van der Waals surface area contributed by atoms with Crippen molar-refractivity contribution in [2.45, 2.75) is 80.3 Å². The molecule has 0 radical (unpaired) electrons. The summed E-state index contributed by atoms with van der Waals surface area (Å²) in [5, 5.41) is 21.3. The van der Waals surface area contributed by atoms with Crippen LogP contribution in [0.1, 0.15) is 79.7 Å². The second-order valence-corrected chi connectivity index (χ2v) is 10.5. The Kier molecular flexibility index (Phi) is 9.54. The number of hydrogen-bond acceptors (Lipinski definition) is 3. The van der Waals surface area contributed by atoms with Crippen molar-refractivity contribution in [3.05, 3.63) is 70.8 Å². The largest absolute Gasteiger partial charge is 0.392 e. The van der Waals surface area contributed by atoms with Gasteiger partial charge in [-0.3, -0.25) is 0 Å². The predicted octanol–water partition coefficient (Wildman–Crippen LogP) is 5.94. The fourth-order valence-corrected chi connectivity index (χ4v) is 6.11. The molecule has 0 aromatic heterocycles. The van der Waals surface area contributed by atoms with Gasteiger partial charge in [0.1, 0.15) is 6.29 Å². The molecule has 0 saturated heterocycles. The Balaban J connectivity index is 1.72. The summed E-state index contributed by atoms with van der Waals surface area (Å²) in [6.07, 6.45) is 7.45. The van der Waals surface area contributed by atoms with E-state index in [9.17, 15) is 15.0 Å². The molecule has 3 nitrogen and oxygen atoms in total. The summed E-state index contributed by atoms with van der Waals surface area (Å²) < 4.78 is 0.413. The molecule has 3 unspecified atom stereocenters. The van der Waals surface area contributed by atoms with Crippen LogP contribution in [-0.4, -0.2) is 26.5 Å². The minimum Gasteiger partial charge on any atom is -0.392 e. The van der Waals surface area contributed by atoms with Crippen LogP contribution in [0.4, 0.5) is 0 Å². The number of rotatable bonds is 11. The Hall–Kier alpha value is -1.24. The van der Waals surface area contributed by atoms with Gasteiger partial charge in [0.2, 0.25) is 0 Å². The molecule has 2 aromatic carbocycles. The van der Waals surface area contributed by atoms with Crippen LogP contribution < -0.4 is 0 Å². The Morgan fingerprint density at radius 1 is 1.13 bits per heavy atom. The van der Waals surface area contributed by atoms with Gasteiger partial charge < -0.3 is 15.0 Å². The molecular formula is C27H35IO3. The molecule has 1 aliphatic carbocycles. The maximum Gasteiger partial charge on any atom is 0.120 e. The van der Waals surface area contributed by atoms with Crippen LogP contribution in [0.2, 0.25) is 0 Å². The number of alkyl halides is 1. The average molecular weight is 534 g/mol. The third-order valence-electron chi connectivity index (χ3n) is 6.61. The second-order valence-electron chi connectivity index (χ2n) is 8.92. The quantitative estimate of drug-likeness (QED) is 0.162. The van der Waals surface area contributed by atoms with Crippen LogP contribution in [0.15, 0.2) is 48.5 Å². The lowest BCUT2D eigenvalue weighted by atomic mass is 9.83. The van der Waals surface area contributed by atoms with Crippen molar-refractivity contribution < 1.29 is 15.0 Å². The fraction of sp³-hybridized carbons (Fsp3) is 0.519. The molecule has 0 bridgehead atoms. The molecule has 0 aliphatic heterocycles. The van der Waals surface area contributed by atoms with E-state index >= 15 is 0 Å². The number of halogens is 1. The number of benzene rings is 2. The van der Waals surface area contributed by atoms with Gasteiger partial charge in [0.25, 0.3) is 0 Å². The number of aryl methyl sites for hydroxylation is 1. The van der Waals surface area contributed by atoms with Crippen LogP contribution in [0.3, 0.4) is 0 Å². The van der Waals surface area contributed by atoms with Crippen molar-refractivity contribution in [2.75, 3.05) is 0 Å². The maximum absolute atomic E-state index is 10.9. The van der Waals surface area contributed by atoms with E-state index in [1.807, 2.05) is 12.1 Å². The molecule has 1 saturated carbocycles. The molecule has 4 heteroatoms. The van der Waals surface area contributed by atoms with Crippen LogP contribution in [-0.2, 0) is 17.6 Å². The number of carbonyl (C=O) groups excluding carboxylic acids is 1. The first kappa shape index (κ1) is 24.4. The summed E-state index contributed by atoms with van der Waals surface area (Å²) in [6.45, 7) is 2.17. The molecule has 1 fully saturated rings. The molecule has 5 atom stereocenters. The minimum atomic E-state index is -0.406. The van der Waals surface area contributed by atoms with Gasteiger partial charge in [-0.25, -0.2) is 0 Å². The smallest absolute Gasteiger partial charge is 0.120 e. The van der Waals surface area contributed by atoms with Crippen molar-refractivity contribution in [2.24, 2.45) is 5.92 Å². The van der Waals surface area contributed by atoms with Crippen LogP contribution in [0.25, 0.3) is 0 Å². The maximum atomic E-state index is 10.9. The summed E-state index contributed by atoms with van der Waals surface area (Å²) in [6, 6.07) is 16.8.